The van der Waals surface area contributed by atoms with Crippen LogP contribution in [0.3, 0.4) is 0 Å². The van der Waals surface area contributed by atoms with Crippen molar-refractivity contribution in [2.24, 2.45) is 5.92 Å². The van der Waals surface area contributed by atoms with E-state index < -0.39 is 58.0 Å². The molecule has 5 aromatic carbocycles. The van der Waals surface area contributed by atoms with Crippen LogP contribution in [0, 0.1) is 5.92 Å². The van der Waals surface area contributed by atoms with Gasteiger partial charge in [0.1, 0.15) is 35.8 Å². The maximum atomic E-state index is 15.9. The summed E-state index contributed by atoms with van der Waals surface area (Å²) >= 11 is 1.57. The lowest BCUT2D eigenvalue weighted by atomic mass is 9.68. The Hall–Kier alpha value is -3.93. The molecule has 9 nitrogen and oxygen atoms in total. The molecule has 1 unspecified atom stereocenters. The van der Waals surface area contributed by atoms with E-state index >= 15 is 4.79 Å². The smallest absolute Gasteiger partial charge is 0.261 e. The standard InChI is InChI=1S/C57H74O9SSi2/c1-9-68(10-2,11-3)66-53-51(58)54(61-40-44-35-37-45(60-8)38-36-44)57(63-41-43-26-16-12-17-27-43)50(52(53)62-42-59-7)49(65-55(57)67-46-28-18-13-19-29-46)34-24-25-39-64-69(56(4,5)6,47-30-20-14-21-31-47)48-32-22-15-23-33-48/h12-23,26-33,35-38,49-50,52-55H,9-11,24-25,34,39-42H2,1-8H3/t49-,50+,52-,53-,54+,55?,57-/m1/s1. The fourth-order valence-electron chi connectivity index (χ4n) is 10.6. The van der Waals surface area contributed by atoms with Crippen LogP contribution in [0.25, 0.3) is 0 Å². The van der Waals surface area contributed by atoms with Gasteiger partial charge in [-0.05, 0) is 88.2 Å². The minimum absolute atomic E-state index is 0.0328. The molecule has 0 N–H and O–H groups in total. The molecule has 1 aliphatic heterocycles. The third-order valence-corrected chi connectivity index (χ3v) is 25.3. The highest BCUT2D eigenvalue weighted by Crippen LogP contribution is 2.56. The van der Waals surface area contributed by atoms with Gasteiger partial charge in [0.2, 0.25) is 0 Å². The summed E-state index contributed by atoms with van der Waals surface area (Å²) in [4.78, 5) is 16.9. The molecule has 5 aromatic rings. The number of hydrogen-bond donors (Lipinski definition) is 0. The number of ketones is 1. The molecule has 1 heterocycles. The molecule has 0 radical (unpaired) electrons. The van der Waals surface area contributed by atoms with Gasteiger partial charge < -0.3 is 37.3 Å². The number of fused-ring (bicyclic) bond motifs is 1. The van der Waals surface area contributed by atoms with Crippen molar-refractivity contribution in [3.8, 4) is 5.75 Å². The molecular formula is C57H74O9SSi2. The molecule has 370 valence electrons. The molecule has 69 heavy (non-hydrogen) atoms. The van der Waals surface area contributed by atoms with Crippen molar-refractivity contribution in [3.05, 3.63) is 157 Å². The van der Waals surface area contributed by atoms with E-state index in [0.29, 0.717) is 13.0 Å². The van der Waals surface area contributed by atoms with E-state index in [0.717, 1.165) is 52.7 Å². The second-order valence-corrected chi connectivity index (χ2v) is 29.5. The lowest BCUT2D eigenvalue weighted by Gasteiger charge is -2.52. The molecule has 0 amide bonds. The molecule has 7 atom stereocenters. The monoisotopic (exact) mass is 990 g/mol. The number of hydrogen-bond acceptors (Lipinski definition) is 10. The van der Waals surface area contributed by atoms with Gasteiger partial charge in [-0.25, -0.2) is 0 Å². The number of Topliss-reactive ketones (excluding diaryl/α,β-unsaturated/α-hetero) is 1. The van der Waals surface area contributed by atoms with Crippen LogP contribution in [-0.2, 0) is 50.5 Å². The quantitative estimate of drug-likeness (QED) is 0.0320. The van der Waals surface area contributed by atoms with E-state index in [1.54, 1.807) is 26.0 Å². The lowest BCUT2D eigenvalue weighted by Crippen LogP contribution is -2.72. The van der Waals surface area contributed by atoms with Crippen LogP contribution in [0.5, 0.6) is 5.75 Å². The fraction of sp³-hybridized carbons (Fsp3) is 0.456. The summed E-state index contributed by atoms with van der Waals surface area (Å²) in [5.41, 5.74) is -0.127. The molecule has 1 saturated carbocycles. The summed E-state index contributed by atoms with van der Waals surface area (Å²) in [7, 11) is -1.92. The van der Waals surface area contributed by atoms with Gasteiger partial charge in [0.15, 0.2) is 20.2 Å². The highest BCUT2D eigenvalue weighted by molar-refractivity contribution is 7.99. The van der Waals surface area contributed by atoms with E-state index in [9.17, 15) is 0 Å². The highest BCUT2D eigenvalue weighted by Gasteiger charge is 2.72. The summed E-state index contributed by atoms with van der Waals surface area (Å²) in [5, 5.41) is 2.37. The zero-order valence-electron chi connectivity index (χ0n) is 42.0. The van der Waals surface area contributed by atoms with Crippen LogP contribution in [0.15, 0.2) is 150 Å². The third-order valence-electron chi connectivity index (χ3n) is 14.4. The third kappa shape index (κ3) is 11.7. The second-order valence-electron chi connectivity index (χ2n) is 19.4. The Kier molecular flexibility index (Phi) is 18.8. The second kappa shape index (κ2) is 24.5. The van der Waals surface area contributed by atoms with Crippen molar-refractivity contribution < 1.29 is 42.1 Å². The number of carbonyl (C=O) groups is 1. The predicted octanol–water partition coefficient (Wildman–Crippen LogP) is 11.4. The summed E-state index contributed by atoms with van der Waals surface area (Å²) in [6, 6.07) is 52.3. The van der Waals surface area contributed by atoms with E-state index in [1.165, 1.54) is 10.4 Å². The zero-order valence-corrected chi connectivity index (χ0v) is 44.8. The van der Waals surface area contributed by atoms with E-state index in [-0.39, 0.29) is 30.8 Å². The van der Waals surface area contributed by atoms with Gasteiger partial charge >= 0.3 is 0 Å². The number of methoxy groups -OCH3 is 2. The highest BCUT2D eigenvalue weighted by atomic mass is 32.2. The van der Waals surface area contributed by atoms with E-state index in [2.05, 4.69) is 126 Å². The molecule has 0 bridgehead atoms. The van der Waals surface area contributed by atoms with Gasteiger partial charge in [-0.2, -0.15) is 0 Å². The molecule has 1 saturated heterocycles. The Morgan fingerprint density at radius 1 is 0.681 bits per heavy atom. The first-order chi connectivity index (χ1) is 33.5. The summed E-state index contributed by atoms with van der Waals surface area (Å²) in [6.45, 7) is 14.4. The number of unbranched alkanes of at least 4 members (excludes halogenated alkanes) is 1. The normalized spacial score (nSPS) is 22.9. The zero-order chi connectivity index (χ0) is 48.9. The van der Waals surface area contributed by atoms with Crippen LogP contribution in [-0.4, -0.2) is 85.5 Å². The Balaban J connectivity index is 1.31. The van der Waals surface area contributed by atoms with Crippen molar-refractivity contribution in [1.82, 2.24) is 0 Å². The van der Waals surface area contributed by atoms with Crippen molar-refractivity contribution in [1.29, 1.82) is 0 Å². The maximum Gasteiger partial charge on any atom is 0.261 e. The minimum Gasteiger partial charge on any atom is -0.497 e. The van der Waals surface area contributed by atoms with E-state index in [4.69, 9.17) is 37.3 Å². The first-order valence-corrected chi connectivity index (χ1v) is 30.2. The molecular weight excluding hydrogens is 917 g/mol. The molecule has 12 heteroatoms. The summed E-state index contributed by atoms with van der Waals surface area (Å²) in [6.07, 6.45) is -0.938. The molecule has 0 spiro atoms. The molecule has 2 fully saturated rings. The topological polar surface area (TPSA) is 90.9 Å². The van der Waals surface area contributed by atoms with Gasteiger partial charge in [0, 0.05) is 18.6 Å². The predicted molar refractivity (Wildman–Crippen MR) is 281 cm³/mol. The average Bonchev–Trinajstić information content (AvgIpc) is 3.68. The lowest BCUT2D eigenvalue weighted by molar-refractivity contribution is -0.240. The number of ether oxygens (including phenoxy) is 6. The van der Waals surface area contributed by atoms with Gasteiger partial charge in [0.25, 0.3) is 8.32 Å². The number of thioether (sulfide) groups is 1. The Morgan fingerprint density at radius 2 is 1.25 bits per heavy atom. The number of rotatable bonds is 25. The first-order valence-electron chi connectivity index (χ1n) is 24.9. The fourth-order valence-corrected chi connectivity index (χ4v) is 19.3. The first kappa shape index (κ1) is 52.9. The summed E-state index contributed by atoms with van der Waals surface area (Å²) < 4.78 is 54.8. The van der Waals surface area contributed by atoms with Crippen LogP contribution in [0.2, 0.25) is 23.2 Å². The van der Waals surface area contributed by atoms with Gasteiger partial charge in [-0.15, -0.1) is 0 Å². The number of carbonyl (C=O) groups excluding carboxylic acids is 1. The van der Waals surface area contributed by atoms with Gasteiger partial charge in [-0.3, -0.25) is 4.79 Å². The van der Waals surface area contributed by atoms with Crippen LogP contribution < -0.4 is 15.1 Å². The average molecular weight is 991 g/mol. The van der Waals surface area contributed by atoms with Crippen LogP contribution >= 0.6 is 11.8 Å². The van der Waals surface area contributed by atoms with Crippen LogP contribution in [0.4, 0.5) is 0 Å². The van der Waals surface area contributed by atoms with Crippen molar-refractivity contribution in [2.45, 2.75) is 138 Å². The van der Waals surface area contributed by atoms with Crippen molar-refractivity contribution in [3.63, 3.8) is 0 Å². The minimum atomic E-state index is -2.76. The van der Waals surface area contributed by atoms with Crippen LogP contribution in [0.1, 0.15) is 71.9 Å². The Morgan fingerprint density at radius 3 is 1.80 bits per heavy atom. The molecule has 7 rings (SSSR count). The van der Waals surface area contributed by atoms with Gasteiger partial charge in [-0.1, -0.05) is 175 Å². The maximum absolute atomic E-state index is 15.9. The van der Waals surface area contributed by atoms with Gasteiger partial charge in [0.05, 0.1) is 32.3 Å². The van der Waals surface area contributed by atoms with E-state index in [1.807, 2.05) is 60.7 Å². The molecule has 1 aliphatic carbocycles. The van der Waals surface area contributed by atoms with Crippen molar-refractivity contribution in [2.75, 3.05) is 27.6 Å². The largest absolute Gasteiger partial charge is 0.497 e. The molecule has 2 aliphatic rings. The molecule has 0 aromatic heterocycles. The Bertz CT molecular complexity index is 2250. The van der Waals surface area contributed by atoms with Crippen molar-refractivity contribution >= 4 is 44.6 Å². The Labute approximate surface area is 418 Å². The SMILES string of the molecule is CC[Si](CC)(CC)O[C@@H]1C(=O)[C@H](OCc2ccc(OC)cc2)[C@@]2(OCc3ccccc3)C(Sc3ccccc3)O[C@H](CCCCO[Si](c3ccccc3)(c3ccccc3)C(C)(C)C)[C@H]2[C@H]1OCOC. The number of benzene rings is 5. The summed E-state index contributed by atoms with van der Waals surface area (Å²) in [5.74, 6) is 0.0453.